The zero-order valence-electron chi connectivity index (χ0n) is 8.98. The van der Waals surface area contributed by atoms with E-state index in [0.717, 1.165) is 11.3 Å². The first-order valence-electron chi connectivity index (χ1n) is 4.65. The van der Waals surface area contributed by atoms with Crippen LogP contribution in [-0.4, -0.2) is 28.5 Å². The Labute approximate surface area is 96.5 Å². The van der Waals surface area contributed by atoms with Crippen LogP contribution in [0.15, 0.2) is 0 Å². The summed E-state index contributed by atoms with van der Waals surface area (Å²) in [4.78, 5) is 26.5. The van der Waals surface area contributed by atoms with E-state index in [9.17, 15) is 9.59 Å². The Bertz CT molecular complexity index is 416. The molecule has 6 nitrogen and oxygen atoms in total. The number of nitrogens with one attached hydrogen (secondary N) is 1. The van der Waals surface area contributed by atoms with Gasteiger partial charge in [0, 0.05) is 6.54 Å². The number of carbonyl (C=O) groups is 2. The quantitative estimate of drug-likeness (QED) is 0.713. The van der Waals surface area contributed by atoms with Gasteiger partial charge in [-0.2, -0.15) is 0 Å². The highest BCUT2D eigenvalue weighted by Gasteiger charge is 2.16. The average molecular weight is 243 g/mol. The van der Waals surface area contributed by atoms with Gasteiger partial charge in [-0.3, -0.25) is 9.59 Å². The average Bonchev–Trinajstić information content (AvgIpc) is 2.53. The number of carbonyl (C=O) groups excluding carboxylic acids is 1. The van der Waals surface area contributed by atoms with E-state index in [0.29, 0.717) is 15.7 Å². The lowest BCUT2D eigenvalue weighted by Crippen LogP contribution is -2.31. The van der Waals surface area contributed by atoms with Crippen LogP contribution in [0.1, 0.15) is 22.3 Å². The fraction of sp³-hybridized carbons (Fsp3) is 0.444. The fourth-order valence-electron chi connectivity index (χ4n) is 1.04. The third kappa shape index (κ3) is 2.93. The van der Waals surface area contributed by atoms with Gasteiger partial charge in [-0.15, -0.1) is 0 Å². The van der Waals surface area contributed by atoms with E-state index >= 15 is 0 Å². The molecule has 1 rings (SSSR count). The van der Waals surface area contributed by atoms with E-state index in [1.165, 1.54) is 6.92 Å². The number of nitrogens with two attached hydrogens (primary N) is 1. The van der Waals surface area contributed by atoms with Crippen LogP contribution >= 0.6 is 11.3 Å². The number of thiazole rings is 1. The van der Waals surface area contributed by atoms with Crippen LogP contribution < -0.4 is 11.1 Å². The number of aromatic nitrogens is 1. The monoisotopic (exact) mass is 243 g/mol. The van der Waals surface area contributed by atoms with Gasteiger partial charge in [-0.1, -0.05) is 18.3 Å². The lowest BCUT2D eigenvalue weighted by Gasteiger charge is -2.07. The van der Waals surface area contributed by atoms with Gasteiger partial charge >= 0.3 is 5.97 Å². The summed E-state index contributed by atoms with van der Waals surface area (Å²) in [5.41, 5.74) is 6.01. The minimum absolute atomic E-state index is 0.0887. The standard InChI is InChI=1S/C9H13N3O3S/c1-4(8(14)15)3-11-7(13)6-5(2)12-9(10)16-6/h4H,3H2,1-2H3,(H2,10,12)(H,11,13)(H,14,15). The summed E-state index contributed by atoms with van der Waals surface area (Å²) in [5.74, 6) is -1.89. The summed E-state index contributed by atoms with van der Waals surface area (Å²) in [5, 5.41) is 11.5. The molecule has 0 bridgehead atoms. The van der Waals surface area contributed by atoms with Crippen LogP contribution in [-0.2, 0) is 4.79 Å². The second-order valence-electron chi connectivity index (χ2n) is 3.42. The summed E-state index contributed by atoms with van der Waals surface area (Å²) in [6.45, 7) is 3.30. The van der Waals surface area contributed by atoms with E-state index in [4.69, 9.17) is 10.8 Å². The van der Waals surface area contributed by atoms with Crippen LogP contribution in [0.25, 0.3) is 0 Å². The largest absolute Gasteiger partial charge is 0.481 e. The molecular formula is C9H13N3O3S. The van der Waals surface area contributed by atoms with Crippen molar-refractivity contribution in [3.05, 3.63) is 10.6 Å². The van der Waals surface area contributed by atoms with Gasteiger partial charge < -0.3 is 16.2 Å². The van der Waals surface area contributed by atoms with E-state index in [2.05, 4.69) is 10.3 Å². The molecule has 1 atom stereocenters. The van der Waals surface area contributed by atoms with Crippen LogP contribution in [0.2, 0.25) is 0 Å². The fourth-order valence-corrected chi connectivity index (χ4v) is 1.79. The maximum atomic E-state index is 11.6. The van der Waals surface area contributed by atoms with Gasteiger partial charge in [-0.25, -0.2) is 4.98 Å². The van der Waals surface area contributed by atoms with Gasteiger partial charge in [-0.05, 0) is 6.92 Å². The van der Waals surface area contributed by atoms with E-state index in [1.54, 1.807) is 6.92 Å². The Kier molecular flexibility index (Phi) is 3.83. The van der Waals surface area contributed by atoms with Gasteiger partial charge in [0.15, 0.2) is 5.13 Å². The number of hydrogen-bond donors (Lipinski definition) is 3. The summed E-state index contributed by atoms with van der Waals surface area (Å²) in [6, 6.07) is 0. The molecule has 88 valence electrons. The Balaban J connectivity index is 2.60. The number of rotatable bonds is 4. The molecule has 0 aliphatic rings. The highest BCUT2D eigenvalue weighted by atomic mass is 32.1. The number of carboxylic acids is 1. The van der Waals surface area contributed by atoms with Crippen LogP contribution in [0.5, 0.6) is 0 Å². The maximum Gasteiger partial charge on any atom is 0.308 e. The third-order valence-electron chi connectivity index (χ3n) is 2.01. The van der Waals surface area contributed by atoms with Crippen LogP contribution in [0.3, 0.4) is 0 Å². The van der Waals surface area contributed by atoms with Crippen molar-refractivity contribution in [2.45, 2.75) is 13.8 Å². The molecule has 0 aliphatic heterocycles. The topological polar surface area (TPSA) is 105 Å². The number of carboxylic acid groups (broad SMARTS) is 1. The molecule has 0 fully saturated rings. The molecule has 1 aromatic rings. The molecule has 1 unspecified atom stereocenters. The zero-order chi connectivity index (χ0) is 12.3. The molecule has 7 heteroatoms. The minimum Gasteiger partial charge on any atom is -0.481 e. The molecule has 0 aromatic carbocycles. The van der Waals surface area contributed by atoms with Crippen LogP contribution in [0.4, 0.5) is 5.13 Å². The number of nitrogens with zero attached hydrogens (tertiary/aromatic N) is 1. The zero-order valence-corrected chi connectivity index (χ0v) is 9.80. The number of anilines is 1. The normalized spacial score (nSPS) is 12.1. The predicted molar refractivity (Wildman–Crippen MR) is 60.4 cm³/mol. The Morgan fingerprint density at radius 2 is 2.25 bits per heavy atom. The molecule has 0 spiro atoms. The number of hydrogen-bond acceptors (Lipinski definition) is 5. The first-order valence-corrected chi connectivity index (χ1v) is 5.47. The Hall–Kier alpha value is -1.63. The molecular weight excluding hydrogens is 230 g/mol. The van der Waals surface area contributed by atoms with Crippen molar-refractivity contribution in [1.29, 1.82) is 0 Å². The van der Waals surface area contributed by atoms with Gasteiger partial charge in [0.2, 0.25) is 0 Å². The number of aryl methyl sites for hydroxylation is 1. The third-order valence-corrected chi connectivity index (χ3v) is 3.00. The highest BCUT2D eigenvalue weighted by Crippen LogP contribution is 2.19. The molecule has 16 heavy (non-hydrogen) atoms. The number of nitrogen functional groups attached to an aromatic ring is 1. The lowest BCUT2D eigenvalue weighted by atomic mass is 10.2. The molecule has 1 amide bonds. The smallest absolute Gasteiger partial charge is 0.308 e. The molecule has 1 heterocycles. The van der Waals surface area contributed by atoms with Crippen molar-refractivity contribution in [3.8, 4) is 0 Å². The number of amides is 1. The Morgan fingerprint density at radius 1 is 1.62 bits per heavy atom. The SMILES string of the molecule is Cc1nc(N)sc1C(=O)NCC(C)C(=O)O. The number of aliphatic carboxylic acids is 1. The van der Waals surface area contributed by atoms with Crippen molar-refractivity contribution >= 4 is 28.3 Å². The second kappa shape index (κ2) is 4.93. The molecule has 0 saturated heterocycles. The first-order chi connectivity index (χ1) is 7.41. The predicted octanol–water partition coefficient (Wildman–Crippen LogP) is 0.484. The highest BCUT2D eigenvalue weighted by molar-refractivity contribution is 7.17. The summed E-state index contributed by atoms with van der Waals surface area (Å²) in [6.07, 6.45) is 0. The lowest BCUT2D eigenvalue weighted by molar-refractivity contribution is -0.140. The van der Waals surface area contributed by atoms with Gasteiger partial charge in [0.25, 0.3) is 5.91 Å². The van der Waals surface area contributed by atoms with E-state index < -0.39 is 11.9 Å². The Morgan fingerprint density at radius 3 is 2.69 bits per heavy atom. The molecule has 0 aliphatic carbocycles. The minimum atomic E-state index is -0.944. The first kappa shape index (κ1) is 12.4. The van der Waals surface area contributed by atoms with E-state index in [1.807, 2.05) is 0 Å². The van der Waals surface area contributed by atoms with Crippen molar-refractivity contribution < 1.29 is 14.7 Å². The summed E-state index contributed by atoms with van der Waals surface area (Å²) in [7, 11) is 0. The van der Waals surface area contributed by atoms with E-state index in [-0.39, 0.29) is 12.5 Å². The molecule has 0 saturated carbocycles. The van der Waals surface area contributed by atoms with Crippen molar-refractivity contribution in [2.24, 2.45) is 5.92 Å². The molecule has 1 aromatic heterocycles. The van der Waals surface area contributed by atoms with Crippen molar-refractivity contribution in [2.75, 3.05) is 12.3 Å². The summed E-state index contributed by atoms with van der Waals surface area (Å²) < 4.78 is 0. The van der Waals surface area contributed by atoms with Crippen LogP contribution in [0, 0.1) is 12.8 Å². The summed E-state index contributed by atoms with van der Waals surface area (Å²) >= 11 is 1.09. The van der Waals surface area contributed by atoms with Crippen molar-refractivity contribution in [3.63, 3.8) is 0 Å². The van der Waals surface area contributed by atoms with Gasteiger partial charge in [0.05, 0.1) is 11.6 Å². The molecule has 0 radical (unpaired) electrons. The molecule has 4 N–H and O–H groups in total. The maximum absolute atomic E-state index is 11.6. The van der Waals surface area contributed by atoms with Crippen molar-refractivity contribution in [1.82, 2.24) is 10.3 Å². The van der Waals surface area contributed by atoms with Gasteiger partial charge in [0.1, 0.15) is 4.88 Å². The second-order valence-corrected chi connectivity index (χ2v) is 4.45.